The smallest absolute Gasteiger partial charge is 0.252 e. The summed E-state index contributed by atoms with van der Waals surface area (Å²) >= 11 is 0. The van der Waals surface area contributed by atoms with E-state index in [1.165, 1.54) is 56.1 Å². The molecule has 0 spiro atoms. The summed E-state index contributed by atoms with van der Waals surface area (Å²) in [5.41, 5.74) is 4.20. The predicted molar refractivity (Wildman–Crippen MR) is 135 cm³/mol. The largest absolute Gasteiger partial charge is 0.322 e. The van der Waals surface area contributed by atoms with Crippen LogP contribution in [0.2, 0.25) is 0 Å². The number of aryl methyl sites for hydroxylation is 2. The average Bonchev–Trinajstić information content (AvgIpc) is 3.54. The van der Waals surface area contributed by atoms with E-state index < -0.39 is 0 Å². The molecule has 2 heterocycles. The fourth-order valence-corrected chi connectivity index (χ4v) is 6.14. The lowest BCUT2D eigenvalue weighted by Gasteiger charge is -2.36. The number of aromatic nitrogens is 5. The lowest BCUT2D eigenvalue weighted by molar-refractivity contribution is 0.109. The monoisotopic (exact) mass is 462 g/mol. The highest BCUT2D eigenvalue weighted by atomic mass is 16.1. The van der Waals surface area contributed by atoms with Crippen molar-refractivity contribution in [3.8, 4) is 0 Å². The molecule has 1 aromatic carbocycles. The summed E-state index contributed by atoms with van der Waals surface area (Å²) < 4.78 is 2.12. The minimum absolute atomic E-state index is 0.0143. The standard InChI is InChI=1S/C27H38N6O/c1-4-25(26-29-30-31-33(26)23-12-6-5-7-13-23)32(22-10-8-9-11-22)17-21-16-20-14-18(2)19(3)15-24(20)28-27(21)34/h14-16,22-23,25H,4-13,17H2,1-3H3,(H,28,34)/t25-/m0/s1. The highest BCUT2D eigenvalue weighted by molar-refractivity contribution is 5.80. The summed E-state index contributed by atoms with van der Waals surface area (Å²) in [5.74, 6) is 0.977. The van der Waals surface area contributed by atoms with Crippen LogP contribution in [-0.4, -0.2) is 36.1 Å². The van der Waals surface area contributed by atoms with Crippen molar-refractivity contribution >= 4 is 10.9 Å². The molecule has 0 unspecified atom stereocenters. The van der Waals surface area contributed by atoms with Gasteiger partial charge < -0.3 is 4.98 Å². The number of tetrazole rings is 1. The fourth-order valence-electron chi connectivity index (χ4n) is 6.14. The van der Waals surface area contributed by atoms with E-state index in [-0.39, 0.29) is 11.6 Å². The zero-order chi connectivity index (χ0) is 23.7. The zero-order valence-corrected chi connectivity index (χ0v) is 20.9. The number of hydrogen-bond acceptors (Lipinski definition) is 5. The van der Waals surface area contributed by atoms with Gasteiger partial charge in [-0.3, -0.25) is 9.69 Å². The van der Waals surface area contributed by atoms with Gasteiger partial charge >= 0.3 is 0 Å². The van der Waals surface area contributed by atoms with Gasteiger partial charge in [0.25, 0.3) is 5.56 Å². The molecule has 2 saturated carbocycles. The SMILES string of the molecule is CC[C@@H](c1nnnn1C1CCCCC1)N(Cc1cc2cc(C)c(C)cc2[nH]c1=O)C1CCCC1. The van der Waals surface area contributed by atoms with Crippen LogP contribution in [0.25, 0.3) is 10.9 Å². The van der Waals surface area contributed by atoms with Crippen LogP contribution in [0.5, 0.6) is 0 Å². The summed E-state index contributed by atoms with van der Waals surface area (Å²) in [7, 11) is 0. The number of fused-ring (bicyclic) bond motifs is 1. The van der Waals surface area contributed by atoms with E-state index >= 15 is 0 Å². The van der Waals surface area contributed by atoms with Crippen molar-refractivity contribution < 1.29 is 0 Å². The Labute approximate surface area is 201 Å². The summed E-state index contributed by atoms with van der Waals surface area (Å²) in [4.78, 5) is 18.9. The van der Waals surface area contributed by atoms with Crippen molar-refractivity contribution in [3.63, 3.8) is 0 Å². The molecule has 2 aliphatic carbocycles. The Morgan fingerprint density at radius 1 is 1.03 bits per heavy atom. The molecule has 1 N–H and O–H groups in total. The lowest BCUT2D eigenvalue weighted by Crippen LogP contribution is -2.39. The van der Waals surface area contributed by atoms with E-state index in [0.29, 0.717) is 18.6 Å². The van der Waals surface area contributed by atoms with E-state index in [0.717, 1.165) is 41.6 Å². The highest BCUT2D eigenvalue weighted by Gasteiger charge is 2.34. The molecule has 34 heavy (non-hydrogen) atoms. The number of hydrogen-bond donors (Lipinski definition) is 1. The first-order valence-corrected chi connectivity index (χ1v) is 13.2. The molecule has 7 heteroatoms. The van der Waals surface area contributed by atoms with Gasteiger partial charge in [0.15, 0.2) is 5.82 Å². The van der Waals surface area contributed by atoms with Gasteiger partial charge in [0.2, 0.25) is 0 Å². The molecule has 0 bridgehead atoms. The molecule has 2 aromatic heterocycles. The molecular weight excluding hydrogens is 424 g/mol. The topological polar surface area (TPSA) is 79.7 Å². The number of nitrogens with one attached hydrogen (secondary N) is 1. The quantitative estimate of drug-likeness (QED) is 0.499. The van der Waals surface area contributed by atoms with Crippen LogP contribution in [0.15, 0.2) is 23.0 Å². The van der Waals surface area contributed by atoms with Gasteiger partial charge in [-0.15, -0.1) is 5.10 Å². The van der Waals surface area contributed by atoms with Crippen molar-refractivity contribution in [1.29, 1.82) is 0 Å². The van der Waals surface area contributed by atoms with E-state index in [9.17, 15) is 4.79 Å². The van der Waals surface area contributed by atoms with Crippen LogP contribution >= 0.6 is 0 Å². The van der Waals surface area contributed by atoms with Gasteiger partial charge in [-0.1, -0.05) is 39.0 Å². The van der Waals surface area contributed by atoms with E-state index in [2.05, 4.69) is 69.1 Å². The number of benzene rings is 1. The highest BCUT2D eigenvalue weighted by Crippen LogP contribution is 2.36. The van der Waals surface area contributed by atoms with Gasteiger partial charge in [-0.25, -0.2) is 4.68 Å². The first kappa shape index (κ1) is 23.2. The van der Waals surface area contributed by atoms with Gasteiger partial charge in [0, 0.05) is 23.7 Å². The van der Waals surface area contributed by atoms with Crippen molar-refractivity contribution in [1.82, 2.24) is 30.1 Å². The molecule has 3 aromatic rings. The van der Waals surface area contributed by atoms with Gasteiger partial charge in [0.05, 0.1) is 12.1 Å². The van der Waals surface area contributed by atoms with Crippen LogP contribution in [0.1, 0.15) is 106 Å². The van der Waals surface area contributed by atoms with E-state index in [1.54, 1.807) is 0 Å². The molecule has 0 amide bonds. The van der Waals surface area contributed by atoms with Crippen molar-refractivity contribution in [2.24, 2.45) is 0 Å². The molecular formula is C27H38N6O. The molecule has 0 aliphatic heterocycles. The number of pyridine rings is 1. The van der Waals surface area contributed by atoms with Crippen LogP contribution in [-0.2, 0) is 6.54 Å². The first-order valence-electron chi connectivity index (χ1n) is 13.2. The summed E-state index contributed by atoms with van der Waals surface area (Å²) in [6.07, 6.45) is 11.9. The maximum Gasteiger partial charge on any atom is 0.252 e. The minimum Gasteiger partial charge on any atom is -0.322 e. The molecule has 0 saturated heterocycles. The second-order valence-corrected chi connectivity index (χ2v) is 10.5. The third kappa shape index (κ3) is 4.54. The molecule has 1 atom stereocenters. The van der Waals surface area contributed by atoms with E-state index in [1.807, 2.05) is 0 Å². The molecule has 2 aliphatic rings. The third-order valence-corrected chi connectivity index (χ3v) is 8.21. The van der Waals surface area contributed by atoms with Gasteiger partial charge in [-0.05, 0) is 91.1 Å². The van der Waals surface area contributed by atoms with Crippen LogP contribution in [0, 0.1) is 13.8 Å². The number of aromatic amines is 1. The fraction of sp³-hybridized carbons (Fsp3) is 0.630. The third-order valence-electron chi connectivity index (χ3n) is 8.21. The molecule has 5 rings (SSSR count). The maximum absolute atomic E-state index is 13.2. The summed E-state index contributed by atoms with van der Waals surface area (Å²) in [6.45, 7) is 7.07. The summed E-state index contributed by atoms with van der Waals surface area (Å²) in [6, 6.07) is 7.32. The normalized spacial score (nSPS) is 18.8. The van der Waals surface area contributed by atoms with Crippen molar-refractivity contribution in [3.05, 3.63) is 51.1 Å². The van der Waals surface area contributed by atoms with Crippen molar-refractivity contribution in [2.45, 2.75) is 110 Å². The Morgan fingerprint density at radius 2 is 1.74 bits per heavy atom. The van der Waals surface area contributed by atoms with Gasteiger partial charge in [-0.2, -0.15) is 0 Å². The second kappa shape index (κ2) is 9.98. The molecule has 2 fully saturated rings. The summed E-state index contributed by atoms with van der Waals surface area (Å²) in [5, 5.41) is 14.3. The molecule has 0 radical (unpaired) electrons. The Balaban J connectivity index is 1.51. The number of H-pyrrole nitrogens is 1. The molecule has 7 nitrogen and oxygen atoms in total. The van der Waals surface area contributed by atoms with Crippen LogP contribution in [0.3, 0.4) is 0 Å². The Kier molecular flexibility index (Phi) is 6.82. The van der Waals surface area contributed by atoms with Gasteiger partial charge in [0.1, 0.15) is 0 Å². The maximum atomic E-state index is 13.2. The Morgan fingerprint density at radius 3 is 2.47 bits per heavy atom. The average molecular weight is 463 g/mol. The van der Waals surface area contributed by atoms with Crippen molar-refractivity contribution in [2.75, 3.05) is 0 Å². The molecule has 182 valence electrons. The lowest BCUT2D eigenvalue weighted by atomic mass is 9.95. The van der Waals surface area contributed by atoms with Crippen LogP contribution < -0.4 is 5.56 Å². The number of rotatable bonds is 7. The zero-order valence-electron chi connectivity index (χ0n) is 20.9. The minimum atomic E-state index is 0.0143. The predicted octanol–water partition coefficient (Wildman–Crippen LogP) is 5.53. The second-order valence-electron chi connectivity index (χ2n) is 10.5. The first-order chi connectivity index (χ1) is 16.5. The van der Waals surface area contributed by atoms with Crippen LogP contribution in [0.4, 0.5) is 0 Å². The Bertz CT molecular complexity index is 1190. The Hall–Kier alpha value is -2.54. The number of nitrogens with zero attached hydrogens (tertiary/aromatic N) is 5. The van der Waals surface area contributed by atoms with E-state index in [4.69, 9.17) is 0 Å².